The van der Waals surface area contributed by atoms with Gasteiger partial charge in [0.1, 0.15) is 5.58 Å². The van der Waals surface area contributed by atoms with Crippen molar-refractivity contribution < 1.29 is 4.42 Å². The van der Waals surface area contributed by atoms with E-state index >= 15 is 0 Å². The highest BCUT2D eigenvalue weighted by Gasteiger charge is 2.58. The molecule has 8 aliphatic rings. The molecule has 1 aromatic heterocycles. The van der Waals surface area contributed by atoms with Crippen LogP contribution in [0.15, 0.2) is 180 Å². The van der Waals surface area contributed by atoms with Crippen molar-refractivity contribution in [3.63, 3.8) is 0 Å². The van der Waals surface area contributed by atoms with Gasteiger partial charge in [0.15, 0.2) is 0 Å². The maximum absolute atomic E-state index is 7.94. The topological polar surface area (TPSA) is 22.9 Å². The molecule has 5 aliphatic carbocycles. The smallest absolute Gasteiger partial charge is 0.257 e. The highest BCUT2D eigenvalue weighted by atomic mass is 16.4. The van der Waals surface area contributed by atoms with Gasteiger partial charge in [0.05, 0.1) is 11.2 Å². The van der Waals surface area contributed by atoms with Crippen molar-refractivity contribution in [3.8, 4) is 33.4 Å². The minimum Gasteiger partial charge on any atom is -0.440 e. The molecule has 4 nitrogen and oxygen atoms in total. The first-order valence-corrected chi connectivity index (χ1v) is 36.6. The Morgan fingerprint density at radius 1 is 0.385 bits per heavy atom. The van der Waals surface area contributed by atoms with Crippen molar-refractivity contribution in [2.75, 3.05) is 14.7 Å². The van der Waals surface area contributed by atoms with Gasteiger partial charge in [0.2, 0.25) is 5.88 Å². The van der Waals surface area contributed by atoms with Crippen LogP contribution in [0.3, 0.4) is 0 Å². The lowest BCUT2D eigenvalue weighted by Gasteiger charge is -2.50. The molecule has 0 saturated heterocycles. The zero-order valence-electron chi connectivity index (χ0n) is 59.8. The van der Waals surface area contributed by atoms with Crippen molar-refractivity contribution in [2.24, 2.45) is 0 Å². The van der Waals surface area contributed by atoms with Gasteiger partial charge in [-0.1, -0.05) is 213 Å². The van der Waals surface area contributed by atoms with Gasteiger partial charge in [0.25, 0.3) is 6.71 Å². The second-order valence-corrected chi connectivity index (χ2v) is 35.9. The molecule has 484 valence electrons. The summed E-state index contributed by atoms with van der Waals surface area (Å²) in [6.45, 7) is 36.9. The molecule has 4 unspecified atom stereocenters. The highest BCUT2D eigenvalue weighted by Crippen LogP contribution is 2.64. The Hall–Kier alpha value is -8.02. The molecule has 4 atom stereocenters. The molecule has 2 fully saturated rings. The van der Waals surface area contributed by atoms with Gasteiger partial charge in [-0.3, -0.25) is 4.90 Å². The van der Waals surface area contributed by atoms with E-state index in [1.165, 1.54) is 172 Å². The number of furan rings is 1. The highest BCUT2D eigenvalue weighted by molar-refractivity contribution is 7.01. The molecule has 5 heteroatoms. The van der Waals surface area contributed by atoms with Crippen LogP contribution in [0.4, 0.5) is 45.7 Å². The summed E-state index contributed by atoms with van der Waals surface area (Å²) in [6.07, 6.45) is 13.1. The summed E-state index contributed by atoms with van der Waals surface area (Å²) in [5, 5.41) is 1.27. The fourth-order valence-electron chi connectivity index (χ4n) is 20.9. The van der Waals surface area contributed by atoms with E-state index in [0.29, 0.717) is 0 Å². The van der Waals surface area contributed by atoms with Crippen LogP contribution in [-0.4, -0.2) is 12.3 Å². The fourth-order valence-corrected chi connectivity index (χ4v) is 20.9. The van der Waals surface area contributed by atoms with Crippen LogP contribution in [0, 0.1) is 0 Å². The largest absolute Gasteiger partial charge is 0.440 e. The van der Waals surface area contributed by atoms with E-state index in [0.717, 1.165) is 49.3 Å². The summed E-state index contributed by atoms with van der Waals surface area (Å²) in [5.74, 6) is 0.958. The molecule has 2 saturated carbocycles. The Morgan fingerprint density at radius 3 is 1.65 bits per heavy atom. The first-order valence-electron chi connectivity index (χ1n) is 36.6. The molecule has 2 bridgehead atoms. The summed E-state index contributed by atoms with van der Waals surface area (Å²) in [6, 6.07) is 70.5. The molecule has 3 aliphatic heterocycles. The molecule has 10 aromatic rings. The van der Waals surface area contributed by atoms with Gasteiger partial charge >= 0.3 is 0 Å². The monoisotopic (exact) mass is 1260 g/mol. The van der Waals surface area contributed by atoms with E-state index in [4.69, 9.17) is 4.42 Å². The second kappa shape index (κ2) is 19.9. The summed E-state index contributed by atoms with van der Waals surface area (Å²) in [4.78, 5) is 8.10. The zero-order valence-corrected chi connectivity index (χ0v) is 59.8. The lowest BCUT2D eigenvalue weighted by Crippen LogP contribution is -2.61. The third kappa shape index (κ3) is 8.39. The SMILES string of the molecule is CC(C)(C)c1ccc(-c2ccc(N3c4cc5c(cc4B4c6c3cc(-c3ccc(N7c8ccccc8C8(C)CCCCC78C)cc3)cc6N(c3ccc6c(c3)C(C)(C)CCC6(C)C)c3oc6cc7c(cc6c34)C3(C)CCC7(C)C3)C(C)(C)CCC5(C)C)c(-c3ccccc3)c2)cc1. The number of benzene rings is 9. The van der Waals surface area contributed by atoms with Crippen LogP contribution in [0.2, 0.25) is 0 Å². The molecular weight excluding hydrogens is 1160 g/mol. The third-order valence-corrected chi connectivity index (χ3v) is 27.1. The quantitative estimate of drug-likeness (QED) is 0.155. The number of anilines is 8. The van der Waals surface area contributed by atoms with E-state index in [1.807, 2.05) is 0 Å². The van der Waals surface area contributed by atoms with Crippen LogP contribution in [-0.2, 0) is 43.3 Å². The van der Waals surface area contributed by atoms with Crippen molar-refractivity contribution in [1.29, 1.82) is 0 Å². The van der Waals surface area contributed by atoms with Crippen LogP contribution >= 0.6 is 0 Å². The van der Waals surface area contributed by atoms with E-state index in [2.05, 4.69) is 294 Å². The zero-order chi connectivity index (χ0) is 66.4. The van der Waals surface area contributed by atoms with Crippen molar-refractivity contribution in [3.05, 3.63) is 220 Å². The summed E-state index contributed by atoms with van der Waals surface area (Å²) in [7, 11) is 0. The maximum atomic E-state index is 7.94. The Bertz CT molecular complexity index is 4940. The predicted molar refractivity (Wildman–Crippen MR) is 407 cm³/mol. The van der Waals surface area contributed by atoms with Gasteiger partial charge in [-0.15, -0.1) is 0 Å². The second-order valence-electron chi connectivity index (χ2n) is 35.9. The number of hydrogen-bond acceptors (Lipinski definition) is 4. The average molecular weight is 1260 g/mol. The Morgan fingerprint density at radius 2 is 0.958 bits per heavy atom. The lowest BCUT2D eigenvalue weighted by atomic mass is 9.33. The normalized spacial score (nSPS) is 24.8. The first-order chi connectivity index (χ1) is 45.6. The Kier molecular flexibility index (Phi) is 12.5. The van der Waals surface area contributed by atoms with Crippen LogP contribution in [0.25, 0.3) is 44.3 Å². The molecule has 0 radical (unpaired) electrons. The van der Waals surface area contributed by atoms with Crippen molar-refractivity contribution in [2.45, 2.75) is 223 Å². The van der Waals surface area contributed by atoms with Gasteiger partial charge in [-0.25, -0.2) is 0 Å². The maximum Gasteiger partial charge on any atom is 0.257 e. The number of hydrogen-bond donors (Lipinski definition) is 0. The molecule has 9 aromatic carbocycles. The average Bonchev–Trinajstić information content (AvgIpc) is 1.35. The first kappa shape index (κ1) is 60.4. The van der Waals surface area contributed by atoms with E-state index in [9.17, 15) is 0 Å². The molecule has 18 rings (SSSR count). The summed E-state index contributed by atoms with van der Waals surface area (Å²) < 4.78 is 7.94. The Balaban J connectivity index is 0.950. The third-order valence-electron chi connectivity index (χ3n) is 27.1. The molecule has 0 spiro atoms. The molecule has 0 N–H and O–H groups in total. The van der Waals surface area contributed by atoms with Gasteiger partial charge in [-0.2, -0.15) is 0 Å². The van der Waals surface area contributed by atoms with Crippen LogP contribution in [0.5, 0.6) is 0 Å². The van der Waals surface area contributed by atoms with Crippen LogP contribution in [0.1, 0.15) is 219 Å². The number of para-hydroxylation sites is 1. The number of fused-ring (bicyclic) bond motifs is 16. The van der Waals surface area contributed by atoms with Crippen LogP contribution < -0.4 is 31.1 Å². The molecular formula is C91H96BN3O. The van der Waals surface area contributed by atoms with Crippen molar-refractivity contribution in [1.82, 2.24) is 0 Å². The standard InChI is InChI=1S/C91H96BN3O/c1-83(2,3)61-32-27-56(28-33-61)59-31-38-74(64(47-59)58-23-17-16-18-24-58)94-76-53-70-69(86(8,9)43-44-87(70,10)11)52-73(76)92-80-65-51-71-72(89(13)46-45-88(71,12)55-89)54-79(65)96-82(80)93(63-36-37-66-68(50-63)85(6,7)42-41-84(66,4)5)77-48-60(49-78(94)81(77)92)57-29-34-62(35-30-57)95-75-26-20-19-25-67(75)90(14)39-21-22-40-91(90,95)15/h16-20,23-38,47-54H,21-22,39-46,55H2,1-15H3. The van der Waals surface area contributed by atoms with E-state index < -0.39 is 0 Å². The van der Waals surface area contributed by atoms with Gasteiger partial charge < -0.3 is 14.2 Å². The predicted octanol–water partition coefficient (Wildman–Crippen LogP) is 23.0. The van der Waals surface area contributed by atoms with Gasteiger partial charge in [-0.05, 0) is 259 Å². The fraction of sp³-hybridized carbons (Fsp3) is 0.385. The van der Waals surface area contributed by atoms with E-state index in [-0.39, 0.29) is 55.6 Å². The minimum absolute atomic E-state index is 0.0179. The number of nitrogens with zero attached hydrogens (tertiary/aromatic N) is 3. The summed E-state index contributed by atoms with van der Waals surface area (Å²) >= 11 is 0. The number of rotatable bonds is 6. The molecule has 0 amide bonds. The van der Waals surface area contributed by atoms with Crippen molar-refractivity contribution >= 4 is 79.8 Å². The molecule has 96 heavy (non-hydrogen) atoms. The van der Waals surface area contributed by atoms with Gasteiger partial charge in [0, 0.05) is 56.0 Å². The van der Waals surface area contributed by atoms with E-state index in [1.54, 1.807) is 0 Å². The Labute approximate surface area is 572 Å². The minimum atomic E-state index is -0.147. The lowest BCUT2D eigenvalue weighted by molar-refractivity contribution is 0.195. The summed E-state index contributed by atoms with van der Waals surface area (Å²) in [5.41, 5.74) is 32.9. The molecule has 4 heterocycles.